The van der Waals surface area contributed by atoms with E-state index in [-0.39, 0.29) is 5.91 Å². The molecule has 1 aromatic heterocycles. The highest BCUT2D eigenvalue weighted by Crippen LogP contribution is 2.21. The van der Waals surface area contributed by atoms with Gasteiger partial charge in [0.05, 0.1) is 11.0 Å². The van der Waals surface area contributed by atoms with Crippen molar-refractivity contribution in [3.05, 3.63) is 65.5 Å². The van der Waals surface area contributed by atoms with Crippen LogP contribution in [0.1, 0.15) is 30.3 Å². The molecule has 128 valence electrons. The molecule has 0 saturated carbocycles. The molecule has 0 fully saturated rings. The van der Waals surface area contributed by atoms with Gasteiger partial charge in [-0.3, -0.25) is 4.79 Å². The number of carbonyl (C=O) groups excluding carboxylic acids is 1. The molecule has 4 rings (SSSR count). The number of benzene rings is 2. The molecule has 1 aliphatic rings. The molecule has 0 spiro atoms. The monoisotopic (exact) mass is 333 g/mol. The minimum Gasteiger partial charge on any atom is -0.336 e. The Labute approximate surface area is 148 Å². The molecule has 0 bridgehead atoms. The predicted octanol–water partition coefficient (Wildman–Crippen LogP) is 3.57. The van der Waals surface area contributed by atoms with Gasteiger partial charge in [0.25, 0.3) is 0 Å². The van der Waals surface area contributed by atoms with E-state index in [1.165, 1.54) is 11.1 Å². The summed E-state index contributed by atoms with van der Waals surface area (Å²) in [6.45, 7) is 4.03. The largest absolute Gasteiger partial charge is 0.336 e. The number of imidazole rings is 1. The first kappa shape index (κ1) is 15.9. The molecule has 4 heteroatoms. The second kappa shape index (κ2) is 6.71. The van der Waals surface area contributed by atoms with Crippen molar-refractivity contribution in [2.24, 2.45) is 0 Å². The van der Waals surface area contributed by atoms with Crippen molar-refractivity contribution in [1.29, 1.82) is 0 Å². The van der Waals surface area contributed by atoms with E-state index in [1.54, 1.807) is 0 Å². The molecule has 2 aromatic carbocycles. The maximum Gasteiger partial charge on any atom is 0.242 e. The molecule has 25 heavy (non-hydrogen) atoms. The van der Waals surface area contributed by atoms with Crippen LogP contribution in [0.2, 0.25) is 0 Å². The molecule has 1 amide bonds. The minimum atomic E-state index is 0.176. The first-order valence-electron chi connectivity index (χ1n) is 9.05. The lowest BCUT2D eigenvalue weighted by Crippen LogP contribution is -2.38. The van der Waals surface area contributed by atoms with Gasteiger partial charge in [-0.2, -0.15) is 0 Å². The number of nitrogens with zero attached hydrogens (tertiary/aromatic N) is 3. The average molecular weight is 333 g/mol. The third kappa shape index (κ3) is 3.04. The van der Waals surface area contributed by atoms with Crippen LogP contribution in [-0.4, -0.2) is 26.9 Å². The number of aromatic nitrogens is 2. The van der Waals surface area contributed by atoms with Gasteiger partial charge in [-0.05, 0) is 36.1 Å². The van der Waals surface area contributed by atoms with Crippen LogP contribution >= 0.6 is 0 Å². The molecule has 4 nitrogen and oxygen atoms in total. The number of para-hydroxylation sites is 2. The van der Waals surface area contributed by atoms with Crippen LogP contribution in [0.5, 0.6) is 0 Å². The Kier molecular flexibility index (Phi) is 4.26. The van der Waals surface area contributed by atoms with Crippen molar-refractivity contribution in [2.75, 3.05) is 6.54 Å². The van der Waals surface area contributed by atoms with Crippen molar-refractivity contribution >= 4 is 16.9 Å². The Balaban J connectivity index is 1.59. The highest BCUT2D eigenvalue weighted by atomic mass is 16.2. The number of carbonyl (C=O) groups is 1. The van der Waals surface area contributed by atoms with Crippen LogP contribution in [0.25, 0.3) is 11.0 Å². The quantitative estimate of drug-likeness (QED) is 0.732. The van der Waals surface area contributed by atoms with Gasteiger partial charge in [0.1, 0.15) is 12.4 Å². The van der Waals surface area contributed by atoms with Crippen LogP contribution in [0, 0.1) is 0 Å². The molecule has 0 N–H and O–H groups in total. The van der Waals surface area contributed by atoms with Gasteiger partial charge >= 0.3 is 0 Å². The summed E-state index contributed by atoms with van der Waals surface area (Å²) in [5.41, 5.74) is 4.66. The molecule has 1 aliphatic heterocycles. The fourth-order valence-corrected chi connectivity index (χ4v) is 3.66. The minimum absolute atomic E-state index is 0.176. The first-order valence-corrected chi connectivity index (χ1v) is 9.05. The molecule has 0 aliphatic carbocycles. The highest BCUT2D eigenvalue weighted by molar-refractivity contribution is 5.81. The summed E-state index contributed by atoms with van der Waals surface area (Å²) in [4.78, 5) is 19.7. The number of amides is 1. The van der Waals surface area contributed by atoms with E-state index in [0.717, 1.165) is 42.7 Å². The van der Waals surface area contributed by atoms with Crippen LogP contribution in [0.15, 0.2) is 48.5 Å². The number of aryl methyl sites for hydroxylation is 1. The first-order chi connectivity index (χ1) is 12.3. The van der Waals surface area contributed by atoms with Crippen molar-refractivity contribution in [2.45, 2.75) is 39.3 Å². The molecule has 0 unspecified atom stereocenters. The lowest BCUT2D eigenvalue weighted by atomic mass is 10.00. The summed E-state index contributed by atoms with van der Waals surface area (Å²) in [5.74, 6) is 1.18. The fourth-order valence-electron chi connectivity index (χ4n) is 3.66. The third-order valence-electron chi connectivity index (χ3n) is 4.98. The Morgan fingerprint density at radius 1 is 1.08 bits per heavy atom. The van der Waals surface area contributed by atoms with E-state index in [2.05, 4.69) is 41.8 Å². The molecular weight excluding hydrogens is 310 g/mol. The molecule has 3 aromatic rings. The Morgan fingerprint density at radius 3 is 2.68 bits per heavy atom. The predicted molar refractivity (Wildman–Crippen MR) is 99.3 cm³/mol. The lowest BCUT2D eigenvalue weighted by molar-refractivity contribution is -0.132. The Hall–Kier alpha value is -2.62. The zero-order valence-electron chi connectivity index (χ0n) is 14.6. The summed E-state index contributed by atoms with van der Waals surface area (Å²) in [6.07, 6.45) is 2.85. The summed E-state index contributed by atoms with van der Waals surface area (Å²) >= 11 is 0. The fraction of sp³-hybridized carbons (Fsp3) is 0.333. The van der Waals surface area contributed by atoms with E-state index in [9.17, 15) is 4.79 Å². The number of hydrogen-bond acceptors (Lipinski definition) is 2. The highest BCUT2D eigenvalue weighted by Gasteiger charge is 2.22. The number of rotatable bonds is 4. The van der Waals surface area contributed by atoms with Crippen molar-refractivity contribution in [1.82, 2.24) is 14.5 Å². The van der Waals surface area contributed by atoms with Crippen LogP contribution in [0.3, 0.4) is 0 Å². The van der Waals surface area contributed by atoms with E-state index in [1.807, 2.05) is 23.1 Å². The molecule has 0 radical (unpaired) electrons. The van der Waals surface area contributed by atoms with E-state index in [4.69, 9.17) is 4.98 Å². The lowest BCUT2D eigenvalue weighted by Gasteiger charge is -2.29. The van der Waals surface area contributed by atoms with Gasteiger partial charge in [-0.25, -0.2) is 4.98 Å². The standard InChI is InChI=1S/C21H23N3O/c1-2-7-20-22-18-10-5-6-11-19(18)24(20)15-21(25)23-13-12-16-8-3-4-9-17(16)14-23/h3-6,8-11H,2,7,12-15H2,1H3. The average Bonchev–Trinajstić information content (AvgIpc) is 2.99. The topological polar surface area (TPSA) is 38.1 Å². The van der Waals surface area contributed by atoms with E-state index >= 15 is 0 Å². The SMILES string of the molecule is CCCc1nc2ccccc2n1CC(=O)N1CCc2ccccc2C1. The van der Waals surface area contributed by atoms with Gasteiger partial charge in [0.15, 0.2) is 0 Å². The van der Waals surface area contributed by atoms with Gasteiger partial charge in [0, 0.05) is 19.5 Å². The Bertz CT molecular complexity index is 912. The Morgan fingerprint density at radius 2 is 1.84 bits per heavy atom. The van der Waals surface area contributed by atoms with Gasteiger partial charge < -0.3 is 9.47 Å². The van der Waals surface area contributed by atoms with Crippen molar-refractivity contribution < 1.29 is 4.79 Å². The summed E-state index contributed by atoms with van der Waals surface area (Å²) in [5, 5.41) is 0. The van der Waals surface area contributed by atoms with Crippen molar-refractivity contribution in [3.63, 3.8) is 0 Å². The zero-order valence-corrected chi connectivity index (χ0v) is 14.6. The van der Waals surface area contributed by atoms with Crippen LogP contribution in [-0.2, 0) is 30.7 Å². The second-order valence-electron chi connectivity index (χ2n) is 6.69. The maximum atomic E-state index is 13.0. The summed E-state index contributed by atoms with van der Waals surface area (Å²) < 4.78 is 2.10. The molecular formula is C21H23N3O. The van der Waals surface area contributed by atoms with Crippen LogP contribution in [0.4, 0.5) is 0 Å². The van der Waals surface area contributed by atoms with E-state index in [0.29, 0.717) is 13.1 Å². The third-order valence-corrected chi connectivity index (χ3v) is 4.98. The maximum absolute atomic E-state index is 13.0. The smallest absolute Gasteiger partial charge is 0.242 e. The van der Waals surface area contributed by atoms with Gasteiger partial charge in [-0.1, -0.05) is 43.3 Å². The number of fused-ring (bicyclic) bond motifs is 2. The molecule has 2 heterocycles. The van der Waals surface area contributed by atoms with Crippen molar-refractivity contribution in [3.8, 4) is 0 Å². The van der Waals surface area contributed by atoms with Crippen LogP contribution < -0.4 is 0 Å². The second-order valence-corrected chi connectivity index (χ2v) is 6.69. The van der Waals surface area contributed by atoms with Gasteiger partial charge in [-0.15, -0.1) is 0 Å². The summed E-state index contributed by atoms with van der Waals surface area (Å²) in [7, 11) is 0. The normalized spacial score (nSPS) is 13.9. The van der Waals surface area contributed by atoms with E-state index < -0.39 is 0 Å². The summed E-state index contributed by atoms with van der Waals surface area (Å²) in [6, 6.07) is 16.5. The zero-order chi connectivity index (χ0) is 17.2. The number of hydrogen-bond donors (Lipinski definition) is 0. The van der Waals surface area contributed by atoms with Gasteiger partial charge in [0.2, 0.25) is 5.91 Å². The molecule has 0 atom stereocenters. The molecule has 0 saturated heterocycles.